The number of hydrogen-bond acceptors (Lipinski definition) is 5. The van der Waals surface area contributed by atoms with Crippen molar-refractivity contribution in [1.82, 2.24) is 9.78 Å². The van der Waals surface area contributed by atoms with Crippen LogP contribution in [0.4, 0.5) is 18.9 Å². The van der Waals surface area contributed by atoms with Crippen LogP contribution in [-0.4, -0.2) is 29.5 Å². The molecule has 5 rings (SSSR count). The van der Waals surface area contributed by atoms with Gasteiger partial charge in [0.15, 0.2) is 17.2 Å². The minimum atomic E-state index is -4.81. The summed E-state index contributed by atoms with van der Waals surface area (Å²) in [6.07, 6.45) is -4.81. The number of aromatic nitrogens is 2. The number of ether oxygens (including phenoxy) is 3. The zero-order chi connectivity index (χ0) is 26.2. The van der Waals surface area contributed by atoms with Crippen molar-refractivity contribution in [2.45, 2.75) is 12.8 Å². The summed E-state index contributed by atoms with van der Waals surface area (Å²) >= 11 is 6.08. The molecule has 1 aromatic heterocycles. The first-order valence-corrected chi connectivity index (χ1v) is 11.4. The molecule has 37 heavy (non-hydrogen) atoms. The molecule has 0 bridgehead atoms. The molecule has 190 valence electrons. The van der Waals surface area contributed by atoms with E-state index in [1.807, 2.05) is 6.07 Å². The van der Waals surface area contributed by atoms with Crippen LogP contribution in [-0.2, 0) is 12.8 Å². The van der Waals surface area contributed by atoms with Gasteiger partial charge in [-0.15, -0.1) is 0 Å². The van der Waals surface area contributed by atoms with Crippen molar-refractivity contribution < 1.29 is 32.2 Å². The largest absolute Gasteiger partial charge is 0.472 e. The van der Waals surface area contributed by atoms with E-state index in [1.54, 1.807) is 61.6 Å². The second kappa shape index (κ2) is 9.70. The summed E-state index contributed by atoms with van der Waals surface area (Å²) in [4.78, 5) is 14.6. The third-order valence-electron chi connectivity index (χ3n) is 5.66. The fourth-order valence-corrected chi connectivity index (χ4v) is 4.05. The average Bonchev–Trinajstić information content (AvgIpc) is 3.51. The highest BCUT2D eigenvalue weighted by Gasteiger charge is 2.40. The number of nitrogens with zero attached hydrogens (tertiary/aromatic N) is 3. The van der Waals surface area contributed by atoms with Crippen LogP contribution in [0.2, 0.25) is 5.02 Å². The Bertz CT molecular complexity index is 1460. The second-order valence-electron chi connectivity index (χ2n) is 8.10. The Hall–Kier alpha value is -4.18. The maximum absolute atomic E-state index is 13.6. The lowest BCUT2D eigenvalue weighted by Crippen LogP contribution is -2.26. The maximum atomic E-state index is 13.6. The molecule has 2 heterocycles. The summed E-state index contributed by atoms with van der Waals surface area (Å²) in [5, 5.41) is 3.02. The van der Waals surface area contributed by atoms with Gasteiger partial charge in [0.05, 0.1) is 5.69 Å². The van der Waals surface area contributed by atoms with E-state index < -0.39 is 22.8 Å². The first kappa shape index (κ1) is 24.5. The topological polar surface area (TPSA) is 65.8 Å². The summed E-state index contributed by atoms with van der Waals surface area (Å²) in [5.41, 5.74) is 0.380. The van der Waals surface area contributed by atoms with Gasteiger partial charge in [-0.05, 0) is 35.9 Å². The van der Waals surface area contributed by atoms with Gasteiger partial charge in [-0.25, -0.2) is 0 Å². The maximum Gasteiger partial charge on any atom is 0.436 e. The molecular formula is C26H19ClF3N3O4. The molecule has 11 heteroatoms. The van der Waals surface area contributed by atoms with Gasteiger partial charge in [0.2, 0.25) is 12.7 Å². The molecule has 0 unspecified atom stereocenters. The molecule has 0 spiro atoms. The highest BCUT2D eigenvalue weighted by Crippen LogP contribution is 2.41. The van der Waals surface area contributed by atoms with Gasteiger partial charge in [-0.3, -0.25) is 4.79 Å². The molecule has 7 nitrogen and oxygen atoms in total. The molecule has 0 fully saturated rings. The predicted octanol–water partition coefficient (Wildman–Crippen LogP) is 6.13. The fraction of sp³-hybridized carbons (Fsp3) is 0.154. The predicted molar refractivity (Wildman–Crippen MR) is 130 cm³/mol. The Labute approximate surface area is 214 Å². The first-order chi connectivity index (χ1) is 17.7. The van der Waals surface area contributed by atoms with E-state index in [9.17, 15) is 18.0 Å². The van der Waals surface area contributed by atoms with Crippen LogP contribution in [0.25, 0.3) is 5.69 Å². The lowest BCUT2D eigenvalue weighted by atomic mass is 10.1. The Morgan fingerprint density at radius 1 is 1.05 bits per heavy atom. The SMILES string of the molecule is CN(C(=O)c1cccc(-n2nc(C(F)(F)F)c(Cl)c2OCc2ccccc2)c1)c1ccc2c(c1)OCO2. The smallest absolute Gasteiger partial charge is 0.436 e. The Kier molecular flexibility index (Phi) is 6.43. The van der Waals surface area contributed by atoms with Gasteiger partial charge >= 0.3 is 6.18 Å². The van der Waals surface area contributed by atoms with Crippen molar-refractivity contribution in [3.8, 4) is 23.1 Å². The van der Waals surface area contributed by atoms with Gasteiger partial charge in [0.1, 0.15) is 11.6 Å². The average molecular weight is 530 g/mol. The number of carbonyl (C=O) groups is 1. The van der Waals surface area contributed by atoms with Crippen LogP contribution in [0.3, 0.4) is 0 Å². The van der Waals surface area contributed by atoms with Crippen LogP contribution >= 0.6 is 11.6 Å². The highest BCUT2D eigenvalue weighted by atomic mass is 35.5. The third kappa shape index (κ3) is 4.92. The number of halogens is 4. The van der Waals surface area contributed by atoms with Gasteiger partial charge in [0, 0.05) is 24.4 Å². The van der Waals surface area contributed by atoms with Crippen LogP contribution in [0, 0.1) is 0 Å². The lowest BCUT2D eigenvalue weighted by Gasteiger charge is -2.18. The van der Waals surface area contributed by atoms with E-state index in [2.05, 4.69) is 5.10 Å². The standard InChI is InChI=1S/C26H19ClF3N3O4/c1-32(18-10-11-20-21(13-18)37-15-36-20)24(34)17-8-5-9-19(12-17)33-25(22(27)23(31-33)26(28,29)30)35-14-16-6-3-2-4-7-16/h2-13H,14-15H2,1H3. The minimum absolute atomic E-state index is 0.0327. The number of fused-ring (bicyclic) bond motifs is 1. The number of benzene rings is 3. The molecule has 1 amide bonds. The minimum Gasteiger partial charge on any atom is -0.472 e. The van der Waals surface area contributed by atoms with Crippen LogP contribution in [0.15, 0.2) is 72.8 Å². The van der Waals surface area contributed by atoms with Crippen molar-refractivity contribution in [2.75, 3.05) is 18.7 Å². The number of alkyl halides is 3. The number of anilines is 1. The van der Waals surface area contributed by atoms with Crippen molar-refractivity contribution in [2.24, 2.45) is 0 Å². The molecule has 1 aliphatic heterocycles. The molecule has 0 atom stereocenters. The van der Waals surface area contributed by atoms with Crippen molar-refractivity contribution in [3.63, 3.8) is 0 Å². The monoisotopic (exact) mass is 529 g/mol. The Morgan fingerprint density at radius 2 is 1.81 bits per heavy atom. The molecule has 0 aliphatic carbocycles. The molecule has 4 aromatic rings. The molecule has 1 aliphatic rings. The zero-order valence-electron chi connectivity index (χ0n) is 19.3. The van der Waals surface area contributed by atoms with Gasteiger partial charge in [-0.2, -0.15) is 23.0 Å². The number of amides is 1. The summed E-state index contributed by atoms with van der Waals surface area (Å²) in [5.74, 6) is 0.399. The number of rotatable bonds is 6. The first-order valence-electron chi connectivity index (χ1n) is 11.0. The summed E-state index contributed by atoms with van der Waals surface area (Å²) < 4.78 is 58.2. The summed E-state index contributed by atoms with van der Waals surface area (Å²) in [7, 11) is 1.58. The van der Waals surface area contributed by atoms with E-state index >= 15 is 0 Å². The van der Waals surface area contributed by atoms with E-state index in [0.717, 1.165) is 10.2 Å². The van der Waals surface area contributed by atoms with E-state index in [4.69, 9.17) is 25.8 Å². The zero-order valence-corrected chi connectivity index (χ0v) is 20.1. The molecule has 0 radical (unpaired) electrons. The molecule has 0 saturated carbocycles. The Morgan fingerprint density at radius 3 is 2.57 bits per heavy atom. The molecular weight excluding hydrogens is 511 g/mol. The van der Waals surface area contributed by atoms with Crippen molar-refractivity contribution in [3.05, 3.63) is 94.6 Å². The normalized spacial score (nSPS) is 12.5. The van der Waals surface area contributed by atoms with E-state index in [1.165, 1.54) is 17.0 Å². The van der Waals surface area contributed by atoms with Crippen LogP contribution < -0.4 is 19.1 Å². The van der Waals surface area contributed by atoms with E-state index in [0.29, 0.717) is 17.2 Å². The summed E-state index contributed by atoms with van der Waals surface area (Å²) in [6, 6.07) is 20.0. The third-order valence-corrected chi connectivity index (χ3v) is 6.00. The van der Waals surface area contributed by atoms with Crippen LogP contribution in [0.1, 0.15) is 21.6 Å². The number of hydrogen-bond donors (Lipinski definition) is 0. The van der Waals surface area contributed by atoms with Gasteiger partial charge < -0.3 is 19.1 Å². The van der Waals surface area contributed by atoms with Crippen LogP contribution in [0.5, 0.6) is 17.4 Å². The Balaban J connectivity index is 1.47. The van der Waals surface area contributed by atoms with Gasteiger partial charge in [-0.1, -0.05) is 48.0 Å². The molecule has 3 aromatic carbocycles. The van der Waals surface area contributed by atoms with Crippen molar-refractivity contribution >= 4 is 23.2 Å². The summed E-state index contributed by atoms with van der Waals surface area (Å²) in [6.45, 7) is 0.0640. The lowest BCUT2D eigenvalue weighted by molar-refractivity contribution is -0.141. The number of carbonyl (C=O) groups excluding carboxylic acids is 1. The van der Waals surface area contributed by atoms with E-state index in [-0.39, 0.29) is 30.5 Å². The second-order valence-corrected chi connectivity index (χ2v) is 8.48. The molecule has 0 saturated heterocycles. The van der Waals surface area contributed by atoms with Gasteiger partial charge in [0.25, 0.3) is 5.91 Å². The fourth-order valence-electron chi connectivity index (χ4n) is 3.77. The van der Waals surface area contributed by atoms with Crippen molar-refractivity contribution in [1.29, 1.82) is 0 Å². The molecule has 0 N–H and O–H groups in total. The quantitative estimate of drug-likeness (QED) is 0.301. The highest BCUT2D eigenvalue weighted by molar-refractivity contribution is 6.32.